The second-order valence-electron chi connectivity index (χ2n) is 0.577. The molecule has 73 valence electrons. The van der Waals surface area contributed by atoms with E-state index >= 15 is 0 Å². The van der Waals surface area contributed by atoms with Crippen LogP contribution in [0, 0.1) is 6.42 Å². The summed E-state index contributed by atoms with van der Waals surface area (Å²) in [6, 6.07) is 0. The normalized spacial score (nSPS) is 3.27. The third kappa shape index (κ3) is 755. The molecule has 0 spiro atoms. The monoisotopic (exact) mass is 238 g/mol. The predicted molar refractivity (Wildman–Crippen MR) is 56.4 cm³/mol. The summed E-state index contributed by atoms with van der Waals surface area (Å²) in [5.74, 6) is 0. The Labute approximate surface area is 101 Å². The molecule has 0 aliphatic heterocycles. The van der Waals surface area contributed by atoms with Gasteiger partial charge in [-0.2, -0.15) is 13.8 Å². The average Bonchev–Trinajstić information content (AvgIpc) is 2.01. The second kappa shape index (κ2) is 256. The van der Waals surface area contributed by atoms with Crippen molar-refractivity contribution in [2.24, 2.45) is 0 Å². The minimum absolute atomic E-state index is 0. The smallest absolute Gasteiger partial charge is 0 e. The molecule has 0 atom stereocenters. The van der Waals surface area contributed by atoms with E-state index in [4.69, 9.17) is 0 Å². The first-order valence-electron chi connectivity index (χ1n) is 4.15. The van der Waals surface area contributed by atoms with Gasteiger partial charge in [-0.15, -0.1) is 0 Å². The third-order valence-corrected chi connectivity index (χ3v) is 0. The van der Waals surface area contributed by atoms with Crippen molar-refractivity contribution in [3.8, 4) is 0 Å². The van der Waals surface area contributed by atoms with E-state index in [9.17, 15) is 0 Å². The molecule has 0 aromatic carbocycles. The van der Waals surface area contributed by atoms with Gasteiger partial charge in [0, 0.05) is 32.7 Å². The molecule has 1 radical (unpaired) electrons. The SMILES string of the molecule is C.CC.CC.CC.C[CH-]C.[Y]. The minimum atomic E-state index is 0. The molecular formula is C10H29Y-. The minimum Gasteiger partial charge on any atom is -0.335 e. The van der Waals surface area contributed by atoms with Gasteiger partial charge in [-0.3, -0.25) is 0 Å². The van der Waals surface area contributed by atoms with E-state index in [1.165, 1.54) is 0 Å². The molecule has 0 N–H and O–H groups in total. The van der Waals surface area contributed by atoms with Gasteiger partial charge in [-0.1, -0.05) is 49.0 Å². The van der Waals surface area contributed by atoms with Gasteiger partial charge in [0.2, 0.25) is 0 Å². The zero-order valence-electron chi connectivity index (χ0n) is 9.15. The molecule has 0 nitrogen and oxygen atoms in total. The Morgan fingerprint density at radius 3 is 0.636 bits per heavy atom. The van der Waals surface area contributed by atoms with Crippen LogP contribution in [0.4, 0.5) is 0 Å². The molecule has 0 unspecified atom stereocenters. The molecular weight excluding hydrogens is 209 g/mol. The van der Waals surface area contributed by atoms with E-state index in [-0.39, 0.29) is 40.1 Å². The van der Waals surface area contributed by atoms with Crippen LogP contribution in [-0.2, 0) is 32.7 Å². The maximum atomic E-state index is 2.00. The van der Waals surface area contributed by atoms with Crippen molar-refractivity contribution in [2.45, 2.75) is 62.8 Å². The Morgan fingerprint density at radius 1 is 0.636 bits per heavy atom. The molecule has 11 heavy (non-hydrogen) atoms. The molecule has 0 aliphatic carbocycles. The van der Waals surface area contributed by atoms with Crippen LogP contribution >= 0.6 is 0 Å². The van der Waals surface area contributed by atoms with Gasteiger partial charge in [-0.05, 0) is 0 Å². The van der Waals surface area contributed by atoms with Crippen LogP contribution in [0.25, 0.3) is 0 Å². The molecule has 1 heteroatoms. The van der Waals surface area contributed by atoms with Crippen LogP contribution in [0.5, 0.6) is 0 Å². The quantitative estimate of drug-likeness (QED) is 0.524. The van der Waals surface area contributed by atoms with Crippen molar-refractivity contribution < 1.29 is 32.7 Å². The Hall–Kier alpha value is 1.10. The van der Waals surface area contributed by atoms with Crippen molar-refractivity contribution in [3.63, 3.8) is 0 Å². The summed E-state index contributed by atoms with van der Waals surface area (Å²) in [5.41, 5.74) is 0. The molecule has 0 aliphatic rings. The van der Waals surface area contributed by atoms with Gasteiger partial charge in [0.15, 0.2) is 0 Å². The van der Waals surface area contributed by atoms with E-state index < -0.39 is 0 Å². The molecule has 0 saturated carbocycles. The largest absolute Gasteiger partial charge is 0.335 e. The van der Waals surface area contributed by atoms with E-state index in [0.717, 1.165) is 0 Å². The van der Waals surface area contributed by atoms with Crippen molar-refractivity contribution in [3.05, 3.63) is 6.42 Å². The molecule has 0 aromatic heterocycles. The summed E-state index contributed by atoms with van der Waals surface area (Å²) in [4.78, 5) is 0. The van der Waals surface area contributed by atoms with Crippen LogP contribution in [0.3, 0.4) is 0 Å². The first-order chi connectivity index (χ1) is 4.41. The Balaban J connectivity index is -0.00000000729. The van der Waals surface area contributed by atoms with Crippen LogP contribution in [-0.4, -0.2) is 0 Å². The fraction of sp³-hybridized carbons (Fsp3) is 0.900. The fourth-order valence-electron chi connectivity index (χ4n) is 0. The molecule has 0 bridgehead atoms. The van der Waals surface area contributed by atoms with E-state index in [1.807, 2.05) is 61.8 Å². The van der Waals surface area contributed by atoms with Gasteiger partial charge in [0.05, 0.1) is 0 Å². The standard InChI is InChI=1S/C3H7.3C2H6.CH4.Y/c1-3-2;3*1-2;;/h3H,1-2H3;3*1-2H3;1H4;/q-1;;;;;. The van der Waals surface area contributed by atoms with Crippen molar-refractivity contribution in [1.29, 1.82) is 0 Å². The zero-order valence-corrected chi connectivity index (χ0v) is 12.0. The van der Waals surface area contributed by atoms with E-state index in [0.29, 0.717) is 0 Å². The Kier molecular flexibility index (Phi) is 933. The van der Waals surface area contributed by atoms with Gasteiger partial charge >= 0.3 is 0 Å². The third-order valence-electron chi connectivity index (χ3n) is 0. The second-order valence-corrected chi connectivity index (χ2v) is 0.577. The average molecular weight is 238 g/mol. The van der Waals surface area contributed by atoms with Crippen molar-refractivity contribution in [1.82, 2.24) is 0 Å². The summed E-state index contributed by atoms with van der Waals surface area (Å²) >= 11 is 0. The summed E-state index contributed by atoms with van der Waals surface area (Å²) in [7, 11) is 0. The van der Waals surface area contributed by atoms with E-state index in [1.54, 1.807) is 0 Å². The van der Waals surface area contributed by atoms with Crippen molar-refractivity contribution in [2.75, 3.05) is 0 Å². The van der Waals surface area contributed by atoms with Gasteiger partial charge in [0.1, 0.15) is 0 Å². The number of hydrogen-bond donors (Lipinski definition) is 0. The number of hydrogen-bond acceptors (Lipinski definition) is 0. The first kappa shape index (κ1) is 40.1. The Morgan fingerprint density at radius 2 is 0.636 bits per heavy atom. The molecule has 0 amide bonds. The van der Waals surface area contributed by atoms with Crippen molar-refractivity contribution >= 4 is 0 Å². The van der Waals surface area contributed by atoms with Gasteiger partial charge < -0.3 is 6.42 Å². The van der Waals surface area contributed by atoms with Crippen LogP contribution in [0.15, 0.2) is 0 Å². The summed E-state index contributed by atoms with van der Waals surface area (Å²) in [5, 5.41) is 0. The van der Waals surface area contributed by atoms with E-state index in [2.05, 4.69) is 0 Å². The van der Waals surface area contributed by atoms with Gasteiger partial charge in [0.25, 0.3) is 0 Å². The maximum absolute atomic E-state index is 2.00. The summed E-state index contributed by atoms with van der Waals surface area (Å²) < 4.78 is 0. The zero-order chi connectivity index (χ0) is 8.71. The molecule has 0 saturated heterocycles. The molecule has 0 fully saturated rings. The molecule has 0 rings (SSSR count). The maximum Gasteiger partial charge on any atom is 0 e. The summed E-state index contributed by atoms with van der Waals surface area (Å²) in [6.07, 6.45) is 2.00. The Bertz CT molecular complexity index is 4.83. The topological polar surface area (TPSA) is 0 Å². The van der Waals surface area contributed by atoms with Crippen LogP contribution < -0.4 is 0 Å². The van der Waals surface area contributed by atoms with Gasteiger partial charge in [-0.25, -0.2) is 0 Å². The summed E-state index contributed by atoms with van der Waals surface area (Å²) in [6.45, 7) is 16.0. The van der Waals surface area contributed by atoms with Crippen LogP contribution in [0.2, 0.25) is 0 Å². The first-order valence-corrected chi connectivity index (χ1v) is 4.15. The fourth-order valence-corrected chi connectivity index (χ4v) is 0. The number of rotatable bonds is 0. The molecule has 0 heterocycles. The van der Waals surface area contributed by atoms with Crippen LogP contribution in [0.1, 0.15) is 62.8 Å². The predicted octanol–water partition coefficient (Wildman–Crippen LogP) is 4.94. The molecule has 0 aromatic rings.